The van der Waals surface area contributed by atoms with Crippen molar-refractivity contribution < 1.29 is 17.9 Å². The molecule has 0 radical (unpaired) electrons. The molecule has 1 heterocycles. The minimum Gasteiger partial charge on any atom is -0.497 e. The van der Waals surface area contributed by atoms with E-state index in [1.807, 2.05) is 12.1 Å². The second-order valence-electron chi connectivity index (χ2n) is 6.69. The van der Waals surface area contributed by atoms with E-state index >= 15 is 0 Å². The Bertz CT molecular complexity index is 1130. The van der Waals surface area contributed by atoms with Crippen molar-refractivity contribution in [3.8, 4) is 5.75 Å². The number of aromatic nitrogens is 1. The molecule has 3 aromatic rings. The Balaban J connectivity index is 1.83. The predicted molar refractivity (Wildman–Crippen MR) is 115 cm³/mol. The van der Waals surface area contributed by atoms with E-state index in [0.717, 1.165) is 11.1 Å². The first kappa shape index (κ1) is 21.3. The second kappa shape index (κ2) is 8.96. The normalized spacial score (nSPS) is 11.0. The lowest BCUT2D eigenvalue weighted by atomic mass is 10.1. The lowest BCUT2D eigenvalue weighted by molar-refractivity contribution is 0.0951. The molecule has 1 aromatic heterocycles. The van der Waals surface area contributed by atoms with E-state index in [1.165, 1.54) is 30.6 Å². The van der Waals surface area contributed by atoms with Crippen LogP contribution >= 0.6 is 0 Å². The third-order valence-corrected chi connectivity index (χ3v) is 6.52. The van der Waals surface area contributed by atoms with Gasteiger partial charge in [0.15, 0.2) is 0 Å². The minimum absolute atomic E-state index is 0.137. The Hall–Kier alpha value is -3.39. The van der Waals surface area contributed by atoms with Crippen LogP contribution in [0.4, 0.5) is 5.69 Å². The smallest absolute Gasteiger partial charge is 0.264 e. The van der Waals surface area contributed by atoms with Gasteiger partial charge < -0.3 is 10.1 Å². The van der Waals surface area contributed by atoms with Crippen LogP contribution in [0.25, 0.3) is 0 Å². The molecule has 1 N–H and O–H groups in total. The molecule has 0 saturated heterocycles. The van der Waals surface area contributed by atoms with Crippen LogP contribution in [0.2, 0.25) is 0 Å². The molecule has 3 rings (SSSR count). The van der Waals surface area contributed by atoms with Crippen LogP contribution in [0.5, 0.6) is 5.75 Å². The number of aryl methyl sites for hydroxylation is 1. The summed E-state index contributed by atoms with van der Waals surface area (Å²) >= 11 is 0. The highest BCUT2D eigenvalue weighted by Gasteiger charge is 2.23. The van der Waals surface area contributed by atoms with Crippen LogP contribution in [0.1, 0.15) is 21.5 Å². The third-order valence-electron chi connectivity index (χ3n) is 4.73. The van der Waals surface area contributed by atoms with Gasteiger partial charge in [0.05, 0.1) is 17.7 Å². The van der Waals surface area contributed by atoms with Gasteiger partial charge in [0.25, 0.3) is 15.9 Å². The maximum absolute atomic E-state index is 13.1. The number of benzene rings is 2. The average molecular weight is 426 g/mol. The predicted octanol–water partition coefficient (Wildman–Crippen LogP) is 3.15. The largest absolute Gasteiger partial charge is 0.497 e. The first-order valence-electron chi connectivity index (χ1n) is 9.23. The number of amides is 1. The molecular weight excluding hydrogens is 402 g/mol. The zero-order valence-electron chi connectivity index (χ0n) is 17.0. The molecule has 2 aromatic carbocycles. The second-order valence-corrected chi connectivity index (χ2v) is 8.66. The van der Waals surface area contributed by atoms with Gasteiger partial charge in [-0.15, -0.1) is 0 Å². The van der Waals surface area contributed by atoms with Gasteiger partial charge in [-0.05, 0) is 66.6 Å². The molecule has 0 bridgehead atoms. The van der Waals surface area contributed by atoms with E-state index in [2.05, 4.69) is 10.3 Å². The number of sulfonamides is 1. The number of anilines is 1. The Morgan fingerprint density at radius 2 is 1.73 bits per heavy atom. The fraction of sp³-hybridized carbons (Fsp3) is 0.182. The molecule has 1 amide bonds. The molecule has 7 nitrogen and oxygen atoms in total. The molecule has 0 aliphatic rings. The Morgan fingerprint density at radius 3 is 2.37 bits per heavy atom. The third kappa shape index (κ3) is 4.60. The number of nitrogens with one attached hydrogen (secondary N) is 1. The van der Waals surface area contributed by atoms with Crippen LogP contribution in [0.3, 0.4) is 0 Å². The molecule has 0 atom stereocenters. The van der Waals surface area contributed by atoms with E-state index in [-0.39, 0.29) is 10.8 Å². The Kier molecular flexibility index (Phi) is 6.37. The van der Waals surface area contributed by atoms with Crippen molar-refractivity contribution in [3.63, 3.8) is 0 Å². The number of ether oxygens (including phenoxy) is 1. The van der Waals surface area contributed by atoms with Crippen LogP contribution in [-0.2, 0) is 16.6 Å². The van der Waals surface area contributed by atoms with Gasteiger partial charge in [-0.25, -0.2) is 8.42 Å². The van der Waals surface area contributed by atoms with Crippen LogP contribution in [0.15, 0.2) is 71.9 Å². The molecule has 0 aliphatic heterocycles. The van der Waals surface area contributed by atoms with Crippen molar-refractivity contribution in [1.82, 2.24) is 10.3 Å². The molecule has 0 unspecified atom stereocenters. The number of methoxy groups -OCH3 is 1. The first-order valence-corrected chi connectivity index (χ1v) is 10.7. The lowest BCUT2D eigenvalue weighted by Gasteiger charge is -2.22. The summed E-state index contributed by atoms with van der Waals surface area (Å²) in [5, 5.41) is 2.84. The van der Waals surface area contributed by atoms with Crippen molar-refractivity contribution in [1.29, 1.82) is 0 Å². The highest BCUT2D eigenvalue weighted by Crippen LogP contribution is 2.27. The van der Waals surface area contributed by atoms with Crippen molar-refractivity contribution in [2.45, 2.75) is 18.4 Å². The molecule has 0 saturated carbocycles. The number of hydrogen-bond donors (Lipinski definition) is 1. The molecule has 8 heteroatoms. The molecule has 30 heavy (non-hydrogen) atoms. The van der Waals surface area contributed by atoms with E-state index < -0.39 is 10.0 Å². The fourth-order valence-corrected chi connectivity index (χ4v) is 4.16. The van der Waals surface area contributed by atoms with Gasteiger partial charge in [-0.1, -0.05) is 6.07 Å². The van der Waals surface area contributed by atoms with E-state index in [0.29, 0.717) is 23.5 Å². The van der Waals surface area contributed by atoms with E-state index in [1.54, 1.807) is 49.6 Å². The summed E-state index contributed by atoms with van der Waals surface area (Å²) in [7, 11) is -0.807. The topological polar surface area (TPSA) is 88.6 Å². The summed E-state index contributed by atoms with van der Waals surface area (Å²) in [6, 6.07) is 14.8. The molecule has 0 spiro atoms. The van der Waals surface area contributed by atoms with E-state index in [4.69, 9.17) is 4.74 Å². The van der Waals surface area contributed by atoms with Gasteiger partial charge in [0, 0.05) is 31.5 Å². The highest BCUT2D eigenvalue weighted by molar-refractivity contribution is 7.92. The number of hydrogen-bond acceptors (Lipinski definition) is 5. The van der Waals surface area contributed by atoms with E-state index in [9.17, 15) is 13.2 Å². The summed E-state index contributed by atoms with van der Waals surface area (Å²) in [4.78, 5) is 16.7. The van der Waals surface area contributed by atoms with Crippen molar-refractivity contribution in [2.75, 3.05) is 18.5 Å². The van der Waals surface area contributed by atoms with Crippen LogP contribution in [-0.4, -0.2) is 33.5 Å². The zero-order valence-corrected chi connectivity index (χ0v) is 17.8. The summed E-state index contributed by atoms with van der Waals surface area (Å²) in [5.74, 6) is 0.281. The van der Waals surface area contributed by atoms with Crippen LogP contribution < -0.4 is 14.4 Å². The van der Waals surface area contributed by atoms with Crippen molar-refractivity contribution >= 4 is 21.6 Å². The molecule has 0 fully saturated rings. The summed E-state index contributed by atoms with van der Waals surface area (Å²) in [6.07, 6.45) is 3.31. The standard InChI is InChI=1S/C22H23N3O4S/c1-16-4-5-18(22(26)24-15-17-10-12-23-13-11-17)14-21(16)25(2)30(27,28)20-8-6-19(29-3)7-9-20/h4-14H,15H2,1-3H3,(H,24,26). The molecule has 156 valence electrons. The van der Waals surface area contributed by atoms with Gasteiger partial charge in [-0.2, -0.15) is 0 Å². The molecule has 0 aliphatic carbocycles. The number of nitrogens with zero attached hydrogens (tertiary/aromatic N) is 2. The maximum atomic E-state index is 13.1. The average Bonchev–Trinajstić information content (AvgIpc) is 2.78. The summed E-state index contributed by atoms with van der Waals surface area (Å²) < 4.78 is 32.4. The van der Waals surface area contributed by atoms with Gasteiger partial charge in [-0.3, -0.25) is 14.1 Å². The summed E-state index contributed by atoms with van der Waals surface area (Å²) in [6.45, 7) is 2.15. The number of carbonyl (C=O) groups excluding carboxylic acids is 1. The van der Waals surface area contributed by atoms with Crippen molar-refractivity contribution in [2.24, 2.45) is 0 Å². The monoisotopic (exact) mass is 425 g/mol. The number of rotatable bonds is 7. The quantitative estimate of drug-likeness (QED) is 0.628. The molecular formula is C22H23N3O4S. The zero-order chi connectivity index (χ0) is 21.7. The van der Waals surface area contributed by atoms with Gasteiger partial charge >= 0.3 is 0 Å². The fourth-order valence-electron chi connectivity index (χ4n) is 2.91. The minimum atomic E-state index is -3.80. The van der Waals surface area contributed by atoms with Crippen LogP contribution in [0, 0.1) is 6.92 Å². The SMILES string of the molecule is COc1ccc(S(=O)(=O)N(C)c2cc(C(=O)NCc3ccncc3)ccc2C)cc1. The Morgan fingerprint density at radius 1 is 1.07 bits per heavy atom. The highest BCUT2D eigenvalue weighted by atomic mass is 32.2. The van der Waals surface area contributed by atoms with Gasteiger partial charge in [0.2, 0.25) is 0 Å². The first-order chi connectivity index (χ1) is 14.3. The maximum Gasteiger partial charge on any atom is 0.264 e. The van der Waals surface area contributed by atoms with Gasteiger partial charge in [0.1, 0.15) is 5.75 Å². The lowest BCUT2D eigenvalue weighted by Crippen LogP contribution is -2.28. The number of carbonyl (C=O) groups is 1. The number of pyridine rings is 1. The summed E-state index contributed by atoms with van der Waals surface area (Å²) in [5.41, 5.74) is 2.47. The Labute approximate surface area is 176 Å². The van der Waals surface area contributed by atoms with Crippen molar-refractivity contribution in [3.05, 3.63) is 83.7 Å².